The maximum absolute atomic E-state index is 3.95. The van der Waals surface area contributed by atoms with E-state index in [1.165, 1.54) is 65.7 Å². The van der Waals surface area contributed by atoms with Gasteiger partial charge in [0, 0.05) is 39.3 Å². The lowest BCUT2D eigenvalue weighted by Crippen LogP contribution is -2.17. The van der Waals surface area contributed by atoms with Gasteiger partial charge in [0.2, 0.25) is 0 Å². The lowest BCUT2D eigenvalue weighted by molar-refractivity contribution is 0.885. The van der Waals surface area contributed by atoms with Gasteiger partial charge >= 0.3 is 0 Å². The maximum Gasteiger partial charge on any atom is 0.0540 e. The summed E-state index contributed by atoms with van der Waals surface area (Å²) >= 11 is 0. The third kappa shape index (κ3) is 5.70. The van der Waals surface area contributed by atoms with Gasteiger partial charge in [0.1, 0.15) is 0 Å². The Labute approximate surface area is 316 Å². The fraction of sp³-hybridized carbons (Fsp3) is 0.0385. The highest BCUT2D eigenvalue weighted by Crippen LogP contribution is 2.48. The fourth-order valence-electron chi connectivity index (χ4n) is 8.27. The molecule has 0 amide bonds. The molecule has 0 aromatic heterocycles. The zero-order chi connectivity index (χ0) is 35.8. The minimum atomic E-state index is 0.222. The van der Waals surface area contributed by atoms with Gasteiger partial charge in [-0.05, 0) is 104 Å². The van der Waals surface area contributed by atoms with Gasteiger partial charge < -0.3 is 10.2 Å². The molecule has 0 fully saturated rings. The van der Waals surface area contributed by atoms with E-state index in [4.69, 9.17) is 0 Å². The lowest BCUT2D eigenvalue weighted by Gasteiger charge is -2.28. The van der Waals surface area contributed by atoms with Gasteiger partial charge in [0.25, 0.3) is 0 Å². The molecule has 9 aromatic carbocycles. The molecule has 1 unspecified atom stereocenters. The van der Waals surface area contributed by atoms with Crippen LogP contribution in [0, 0.1) is 0 Å². The first-order chi connectivity index (χ1) is 26.8. The Hall–Kier alpha value is -6.90. The smallest absolute Gasteiger partial charge is 0.0540 e. The molecule has 0 bridgehead atoms. The van der Waals surface area contributed by atoms with Crippen LogP contribution in [0.2, 0.25) is 0 Å². The second-order valence-corrected chi connectivity index (χ2v) is 14.1. The van der Waals surface area contributed by atoms with Crippen molar-refractivity contribution < 1.29 is 0 Å². The minimum absolute atomic E-state index is 0.222. The van der Waals surface area contributed by atoms with Crippen molar-refractivity contribution in [2.75, 3.05) is 10.2 Å². The van der Waals surface area contributed by atoms with E-state index in [2.05, 4.69) is 217 Å². The van der Waals surface area contributed by atoms with Crippen LogP contribution in [0.25, 0.3) is 65.7 Å². The predicted octanol–water partition coefficient (Wildman–Crippen LogP) is 14.4. The molecule has 0 saturated heterocycles. The summed E-state index contributed by atoms with van der Waals surface area (Å²) in [5, 5.41) is 11.5. The van der Waals surface area contributed by atoms with Crippen LogP contribution < -0.4 is 10.2 Å². The molecule has 1 N–H and O–H groups in total. The summed E-state index contributed by atoms with van der Waals surface area (Å²) in [6, 6.07) is 66.5. The van der Waals surface area contributed by atoms with E-state index in [-0.39, 0.29) is 6.04 Å². The van der Waals surface area contributed by atoms with Gasteiger partial charge in [0.05, 0.1) is 5.69 Å². The summed E-state index contributed by atoms with van der Waals surface area (Å²) in [7, 11) is 0. The fourth-order valence-corrected chi connectivity index (χ4v) is 8.27. The zero-order valence-electron chi connectivity index (χ0n) is 29.9. The summed E-state index contributed by atoms with van der Waals surface area (Å²) in [5.74, 6) is 0. The number of rotatable bonds is 8. The minimum Gasteiger partial charge on any atom is -0.378 e. The van der Waals surface area contributed by atoms with Crippen molar-refractivity contribution in [1.82, 2.24) is 0 Å². The number of nitrogens with zero attached hydrogens (tertiary/aromatic N) is 1. The molecule has 0 radical (unpaired) electrons. The van der Waals surface area contributed by atoms with Crippen LogP contribution in [0.15, 0.2) is 206 Å². The monoisotopic (exact) mass is 690 g/mol. The normalized spacial score (nSPS) is 13.9. The predicted molar refractivity (Wildman–Crippen MR) is 231 cm³/mol. The van der Waals surface area contributed by atoms with Crippen molar-refractivity contribution in [2.45, 2.75) is 12.5 Å². The van der Waals surface area contributed by atoms with E-state index in [9.17, 15) is 0 Å². The standard InChI is InChI=1S/C52H38N2/c1-5-14-36(15-6-1)38-24-29-45(30-25-38)54(44-22-11-4-12-23-44)49-33-28-42-35-47(41-19-13-18-40(34-41)37-16-7-2-8-17-37)52-48(53-43-20-9-3-10-21-43)32-27-39-26-31-46(49)50(42)51(39)52/h1-20,22-35,43,53H,21H2. The van der Waals surface area contributed by atoms with Crippen LogP contribution in [0.3, 0.4) is 0 Å². The molecule has 0 saturated carbocycles. The quantitative estimate of drug-likeness (QED) is 0.160. The van der Waals surface area contributed by atoms with Crippen LogP contribution in [-0.2, 0) is 0 Å². The Morgan fingerprint density at radius 3 is 1.81 bits per heavy atom. The summed E-state index contributed by atoms with van der Waals surface area (Å²) in [4.78, 5) is 2.41. The summed E-state index contributed by atoms with van der Waals surface area (Å²) < 4.78 is 0. The molecule has 2 nitrogen and oxygen atoms in total. The second-order valence-electron chi connectivity index (χ2n) is 14.1. The van der Waals surface area contributed by atoms with E-state index in [1.54, 1.807) is 0 Å². The van der Waals surface area contributed by atoms with Crippen molar-refractivity contribution in [3.05, 3.63) is 206 Å². The molecular weight excluding hydrogens is 653 g/mol. The number of hydrogen-bond acceptors (Lipinski definition) is 2. The van der Waals surface area contributed by atoms with Gasteiger partial charge in [-0.25, -0.2) is 0 Å². The SMILES string of the molecule is C1=CCC(Nc2ccc3ccc4c(N(c5ccccc5)c5ccc(-c6ccccc6)cc5)ccc5cc(-c6cccc(-c7ccccc7)c6)c2c3c54)C=C1. The van der Waals surface area contributed by atoms with E-state index in [0.717, 1.165) is 29.2 Å². The van der Waals surface area contributed by atoms with Crippen LogP contribution in [0.1, 0.15) is 6.42 Å². The first-order valence-electron chi connectivity index (χ1n) is 18.8. The van der Waals surface area contributed by atoms with Crippen molar-refractivity contribution in [3.63, 3.8) is 0 Å². The largest absolute Gasteiger partial charge is 0.378 e. The lowest BCUT2D eigenvalue weighted by atomic mass is 9.86. The van der Waals surface area contributed by atoms with Crippen molar-refractivity contribution in [1.29, 1.82) is 0 Å². The van der Waals surface area contributed by atoms with E-state index >= 15 is 0 Å². The van der Waals surface area contributed by atoms with Gasteiger partial charge in [0.15, 0.2) is 0 Å². The Morgan fingerprint density at radius 1 is 0.444 bits per heavy atom. The van der Waals surface area contributed by atoms with Crippen molar-refractivity contribution in [2.24, 2.45) is 0 Å². The Kier molecular flexibility index (Phi) is 8.00. The highest BCUT2D eigenvalue weighted by atomic mass is 15.1. The number of allylic oxidation sites excluding steroid dienone is 2. The van der Waals surface area contributed by atoms with Crippen molar-refractivity contribution in [3.8, 4) is 33.4 Å². The molecule has 256 valence electrons. The Balaban J connectivity index is 1.21. The molecule has 54 heavy (non-hydrogen) atoms. The average Bonchev–Trinajstić information content (AvgIpc) is 3.25. The summed E-state index contributed by atoms with van der Waals surface area (Å²) in [6.07, 6.45) is 9.76. The number of para-hydroxylation sites is 1. The highest BCUT2D eigenvalue weighted by Gasteiger charge is 2.22. The van der Waals surface area contributed by atoms with Crippen molar-refractivity contribution >= 4 is 55.1 Å². The third-order valence-electron chi connectivity index (χ3n) is 10.8. The van der Waals surface area contributed by atoms with E-state index in [1.807, 2.05) is 0 Å². The van der Waals surface area contributed by atoms with Crippen LogP contribution in [-0.4, -0.2) is 6.04 Å². The Morgan fingerprint density at radius 2 is 1.07 bits per heavy atom. The molecule has 0 heterocycles. The van der Waals surface area contributed by atoms with Gasteiger partial charge in [-0.3, -0.25) is 0 Å². The number of anilines is 4. The number of benzene rings is 9. The van der Waals surface area contributed by atoms with Gasteiger partial charge in [-0.15, -0.1) is 0 Å². The number of hydrogen-bond donors (Lipinski definition) is 1. The highest BCUT2D eigenvalue weighted by molar-refractivity contribution is 6.31. The maximum atomic E-state index is 3.95. The first kappa shape index (κ1) is 31.8. The summed E-state index contributed by atoms with van der Waals surface area (Å²) in [6.45, 7) is 0. The molecule has 9 aromatic rings. The molecule has 1 aliphatic carbocycles. The molecule has 2 heteroatoms. The molecule has 1 aliphatic rings. The second kappa shape index (κ2) is 13.6. The molecular formula is C52H38N2. The van der Waals surface area contributed by atoms with Gasteiger partial charge in [-0.1, -0.05) is 158 Å². The molecule has 0 spiro atoms. The van der Waals surface area contributed by atoms with Crippen LogP contribution >= 0.6 is 0 Å². The summed E-state index contributed by atoms with van der Waals surface area (Å²) in [5.41, 5.74) is 11.9. The Bertz CT molecular complexity index is 2800. The first-order valence-corrected chi connectivity index (χ1v) is 18.8. The van der Waals surface area contributed by atoms with E-state index < -0.39 is 0 Å². The average molecular weight is 691 g/mol. The molecule has 0 aliphatic heterocycles. The van der Waals surface area contributed by atoms with Gasteiger partial charge in [-0.2, -0.15) is 0 Å². The zero-order valence-corrected chi connectivity index (χ0v) is 29.9. The van der Waals surface area contributed by atoms with Crippen LogP contribution in [0.5, 0.6) is 0 Å². The van der Waals surface area contributed by atoms with Crippen LogP contribution in [0.4, 0.5) is 22.7 Å². The molecule has 10 rings (SSSR count). The topological polar surface area (TPSA) is 15.3 Å². The number of nitrogens with one attached hydrogen (secondary N) is 1. The third-order valence-corrected chi connectivity index (χ3v) is 10.8. The van der Waals surface area contributed by atoms with E-state index in [0.29, 0.717) is 0 Å². The molecule has 1 atom stereocenters.